The van der Waals surface area contributed by atoms with Crippen molar-refractivity contribution < 1.29 is 19.4 Å². The van der Waals surface area contributed by atoms with Gasteiger partial charge in [-0.25, -0.2) is 9.78 Å². The predicted octanol–water partition coefficient (Wildman–Crippen LogP) is 4.83. The van der Waals surface area contributed by atoms with Gasteiger partial charge in [0.25, 0.3) is 0 Å². The third kappa shape index (κ3) is 6.58. The first kappa shape index (κ1) is 22.4. The molecular formula is C20H31N3O4S2. The summed E-state index contributed by atoms with van der Waals surface area (Å²) < 4.78 is 6.31. The van der Waals surface area contributed by atoms with Gasteiger partial charge in [0.15, 0.2) is 5.13 Å². The molecule has 0 atom stereocenters. The van der Waals surface area contributed by atoms with Crippen LogP contribution in [0.5, 0.6) is 0 Å². The molecule has 2 N–H and O–H groups in total. The molecule has 0 aromatic carbocycles. The zero-order valence-electron chi connectivity index (χ0n) is 17.0. The van der Waals surface area contributed by atoms with Crippen molar-refractivity contribution in [2.45, 2.75) is 86.6 Å². The number of anilines is 1. The van der Waals surface area contributed by atoms with E-state index in [2.05, 4.69) is 15.2 Å². The van der Waals surface area contributed by atoms with Gasteiger partial charge >= 0.3 is 12.0 Å². The van der Waals surface area contributed by atoms with E-state index in [4.69, 9.17) is 9.84 Å². The first-order chi connectivity index (χ1) is 14.1. The van der Waals surface area contributed by atoms with E-state index in [1.54, 1.807) is 13.3 Å². The summed E-state index contributed by atoms with van der Waals surface area (Å²) in [5.74, 6) is -0.868. The van der Waals surface area contributed by atoms with Crippen LogP contribution in [0.3, 0.4) is 0 Å². The summed E-state index contributed by atoms with van der Waals surface area (Å²) in [6, 6.07) is 0.453. The molecule has 2 saturated carbocycles. The SMILES string of the molecule is CO[C@H]1CC[C@H](N(C(=O)Nc2ncc(SCC(=O)O)s2)C2CCCCCC2)CC1. The van der Waals surface area contributed by atoms with Crippen LogP contribution in [-0.2, 0) is 9.53 Å². The highest BCUT2D eigenvalue weighted by atomic mass is 32.2. The number of nitrogens with one attached hydrogen (secondary N) is 1. The number of nitrogens with zero attached hydrogens (tertiary/aromatic N) is 2. The number of aromatic nitrogens is 1. The molecular weight excluding hydrogens is 410 g/mol. The number of aliphatic carboxylic acids is 1. The first-order valence-electron chi connectivity index (χ1n) is 10.5. The molecule has 1 aromatic rings. The Labute approximate surface area is 180 Å². The number of methoxy groups -OCH3 is 1. The lowest BCUT2D eigenvalue weighted by Crippen LogP contribution is -2.50. The van der Waals surface area contributed by atoms with E-state index in [0.29, 0.717) is 11.2 Å². The van der Waals surface area contributed by atoms with Gasteiger partial charge in [-0.15, -0.1) is 11.8 Å². The molecule has 0 spiro atoms. The average Bonchev–Trinajstić information content (AvgIpc) is 2.99. The van der Waals surface area contributed by atoms with Crippen molar-refractivity contribution in [2.75, 3.05) is 18.2 Å². The van der Waals surface area contributed by atoms with Crippen molar-refractivity contribution in [3.8, 4) is 0 Å². The van der Waals surface area contributed by atoms with Crippen molar-refractivity contribution in [3.63, 3.8) is 0 Å². The van der Waals surface area contributed by atoms with E-state index < -0.39 is 5.97 Å². The molecule has 2 aliphatic rings. The molecule has 9 heteroatoms. The molecule has 2 aliphatic carbocycles. The van der Waals surface area contributed by atoms with Gasteiger partial charge in [0.2, 0.25) is 0 Å². The lowest BCUT2D eigenvalue weighted by molar-refractivity contribution is -0.133. The van der Waals surface area contributed by atoms with Crippen molar-refractivity contribution in [2.24, 2.45) is 0 Å². The molecule has 162 valence electrons. The van der Waals surface area contributed by atoms with Crippen LogP contribution in [0.25, 0.3) is 0 Å². The maximum Gasteiger partial charge on any atom is 0.324 e. The van der Waals surface area contributed by atoms with Crippen LogP contribution in [-0.4, -0.2) is 58.0 Å². The fourth-order valence-corrected chi connectivity index (χ4v) is 5.98. The summed E-state index contributed by atoms with van der Waals surface area (Å²) in [5, 5.41) is 12.4. The summed E-state index contributed by atoms with van der Waals surface area (Å²) in [6.07, 6.45) is 12.8. The smallest absolute Gasteiger partial charge is 0.324 e. The number of carbonyl (C=O) groups is 2. The van der Waals surface area contributed by atoms with Gasteiger partial charge in [0.05, 0.1) is 22.3 Å². The molecule has 0 saturated heterocycles. The zero-order valence-corrected chi connectivity index (χ0v) is 18.6. The van der Waals surface area contributed by atoms with Crippen molar-refractivity contribution in [3.05, 3.63) is 6.20 Å². The van der Waals surface area contributed by atoms with Crippen molar-refractivity contribution in [1.82, 2.24) is 9.88 Å². The molecule has 2 fully saturated rings. The molecule has 0 radical (unpaired) electrons. The van der Waals surface area contributed by atoms with E-state index in [9.17, 15) is 9.59 Å². The molecule has 7 nitrogen and oxygen atoms in total. The minimum atomic E-state index is -0.861. The zero-order chi connectivity index (χ0) is 20.6. The summed E-state index contributed by atoms with van der Waals surface area (Å²) in [5.41, 5.74) is 0. The van der Waals surface area contributed by atoms with Gasteiger partial charge in [-0.05, 0) is 38.5 Å². The fraction of sp³-hybridized carbons (Fsp3) is 0.750. The topological polar surface area (TPSA) is 91.8 Å². The maximum atomic E-state index is 13.3. The summed E-state index contributed by atoms with van der Waals surface area (Å²) in [4.78, 5) is 30.4. The Morgan fingerprint density at radius 1 is 1.17 bits per heavy atom. The van der Waals surface area contributed by atoms with Gasteiger partial charge in [0, 0.05) is 19.2 Å². The summed E-state index contributed by atoms with van der Waals surface area (Å²) in [6.45, 7) is 0. The monoisotopic (exact) mass is 441 g/mol. The number of rotatable bonds is 7. The van der Waals surface area contributed by atoms with Crippen molar-refractivity contribution in [1.29, 1.82) is 0 Å². The number of carbonyl (C=O) groups excluding carboxylic acids is 1. The molecule has 1 heterocycles. The molecule has 2 amide bonds. The minimum absolute atomic E-state index is 0.00742. The van der Waals surface area contributed by atoms with Crippen LogP contribution in [0.15, 0.2) is 10.4 Å². The quantitative estimate of drug-likeness (QED) is 0.465. The summed E-state index contributed by atoms with van der Waals surface area (Å²) in [7, 11) is 1.77. The average molecular weight is 442 g/mol. The molecule has 0 aliphatic heterocycles. The number of thioether (sulfide) groups is 1. The Bertz CT molecular complexity index is 668. The number of hydrogen-bond donors (Lipinski definition) is 2. The van der Waals surface area contributed by atoms with Gasteiger partial charge < -0.3 is 14.7 Å². The largest absolute Gasteiger partial charge is 0.481 e. The van der Waals surface area contributed by atoms with Crippen LogP contribution >= 0.6 is 23.1 Å². The second-order valence-corrected chi connectivity index (χ2v) is 10.1. The maximum absolute atomic E-state index is 13.3. The Balaban J connectivity index is 1.67. The predicted molar refractivity (Wildman–Crippen MR) is 116 cm³/mol. The van der Waals surface area contributed by atoms with Crippen LogP contribution in [0.4, 0.5) is 9.93 Å². The number of carboxylic acids is 1. The second kappa shape index (κ2) is 11.2. The lowest BCUT2D eigenvalue weighted by Gasteiger charge is -2.41. The highest BCUT2D eigenvalue weighted by Crippen LogP contribution is 2.32. The van der Waals surface area contributed by atoms with E-state index in [0.717, 1.165) is 42.7 Å². The summed E-state index contributed by atoms with van der Waals surface area (Å²) >= 11 is 2.56. The molecule has 0 unspecified atom stereocenters. The molecule has 0 bridgehead atoms. The molecule has 3 rings (SSSR count). The van der Waals surface area contributed by atoms with Gasteiger partial charge in [0.1, 0.15) is 0 Å². The number of thiazole rings is 1. The van der Waals surface area contributed by atoms with Crippen LogP contribution in [0, 0.1) is 0 Å². The molecule has 1 aromatic heterocycles. The van der Waals surface area contributed by atoms with Crippen molar-refractivity contribution >= 4 is 40.2 Å². The van der Waals surface area contributed by atoms with E-state index in [1.165, 1.54) is 48.8 Å². The Hall–Kier alpha value is -1.32. The standard InChI is InChI=1S/C20H31N3O4S2/c1-27-16-10-8-15(9-11-16)23(14-6-4-2-3-5-7-14)20(26)22-19-21-12-18(29-19)28-13-17(24)25/h12,14-16H,2-11,13H2,1H3,(H,24,25)(H,21,22,26)/t15-,16-. The highest BCUT2D eigenvalue weighted by Gasteiger charge is 2.34. The Kier molecular flexibility index (Phi) is 8.62. The first-order valence-corrected chi connectivity index (χ1v) is 12.3. The van der Waals surface area contributed by atoms with Gasteiger partial charge in [-0.2, -0.15) is 0 Å². The Morgan fingerprint density at radius 2 is 1.83 bits per heavy atom. The fourth-order valence-electron chi connectivity index (χ4n) is 4.40. The number of urea groups is 1. The van der Waals surface area contributed by atoms with Gasteiger partial charge in [-0.3, -0.25) is 10.1 Å². The van der Waals surface area contributed by atoms with Crippen LogP contribution < -0.4 is 5.32 Å². The Morgan fingerprint density at radius 3 is 2.45 bits per heavy atom. The van der Waals surface area contributed by atoms with Crippen LogP contribution in [0.2, 0.25) is 0 Å². The number of ether oxygens (including phenoxy) is 1. The van der Waals surface area contributed by atoms with E-state index in [1.807, 2.05) is 0 Å². The number of carboxylic acid groups (broad SMARTS) is 1. The normalized spacial score (nSPS) is 23.3. The minimum Gasteiger partial charge on any atom is -0.481 e. The number of amides is 2. The number of hydrogen-bond acceptors (Lipinski definition) is 6. The molecule has 29 heavy (non-hydrogen) atoms. The van der Waals surface area contributed by atoms with E-state index in [-0.39, 0.29) is 23.9 Å². The third-order valence-corrected chi connectivity index (χ3v) is 7.95. The second-order valence-electron chi connectivity index (χ2n) is 7.82. The van der Waals surface area contributed by atoms with Gasteiger partial charge in [-0.1, -0.05) is 37.0 Å². The lowest BCUT2D eigenvalue weighted by atomic mass is 9.90. The van der Waals surface area contributed by atoms with Crippen LogP contribution in [0.1, 0.15) is 64.2 Å². The van der Waals surface area contributed by atoms with E-state index >= 15 is 0 Å². The third-order valence-electron chi connectivity index (χ3n) is 5.86. The highest BCUT2D eigenvalue weighted by molar-refractivity contribution is 8.01.